The van der Waals surface area contributed by atoms with Gasteiger partial charge in [-0.3, -0.25) is 10.2 Å². The van der Waals surface area contributed by atoms with E-state index >= 15 is 0 Å². The summed E-state index contributed by atoms with van der Waals surface area (Å²) in [4.78, 5) is 11.6. The molecule has 1 amide bonds. The van der Waals surface area contributed by atoms with Gasteiger partial charge in [0.25, 0.3) is 0 Å². The Balaban J connectivity index is 4.33. The number of amides is 1. The number of hydrogen-bond donors (Lipinski definition) is 3. The maximum absolute atomic E-state index is 9.95. The first kappa shape index (κ1) is 10.6. The molecule has 0 aliphatic heterocycles. The maximum atomic E-state index is 9.95. The van der Waals surface area contributed by atoms with Crippen LogP contribution >= 0.6 is 0 Å². The summed E-state index contributed by atoms with van der Waals surface area (Å²) in [6.45, 7) is -0.266. The summed E-state index contributed by atoms with van der Waals surface area (Å²) in [5.41, 5.74) is 0.368. The summed E-state index contributed by atoms with van der Waals surface area (Å²) in [5.74, 6) is -0.0822. The smallest absolute Gasteiger partial charge is 0.212 e. The predicted octanol–water partition coefficient (Wildman–Crippen LogP) is -0.853. The topological polar surface area (TPSA) is 76.4 Å². The molecule has 0 aromatic rings. The lowest BCUT2D eigenvalue weighted by atomic mass is 10.3. The second-order valence-corrected chi connectivity index (χ2v) is 2.41. The SMILES string of the molecule is CN(C)/C=C(/CO)C(=N)NC=O. The van der Waals surface area contributed by atoms with E-state index in [-0.39, 0.29) is 12.4 Å². The van der Waals surface area contributed by atoms with Gasteiger partial charge in [-0.15, -0.1) is 0 Å². The molecule has 0 rings (SSSR count). The highest BCUT2D eigenvalue weighted by molar-refractivity contribution is 6.01. The summed E-state index contributed by atoms with van der Waals surface area (Å²) in [5, 5.41) is 18.2. The van der Waals surface area contributed by atoms with Crippen LogP contribution in [0.25, 0.3) is 0 Å². The van der Waals surface area contributed by atoms with Crippen molar-refractivity contribution in [2.75, 3.05) is 20.7 Å². The minimum absolute atomic E-state index is 0.0822. The lowest BCUT2D eigenvalue weighted by Gasteiger charge is -2.09. The van der Waals surface area contributed by atoms with Crippen LogP contribution in [0.15, 0.2) is 11.8 Å². The van der Waals surface area contributed by atoms with E-state index in [1.165, 1.54) is 0 Å². The first-order chi connectivity index (χ1) is 5.61. The Morgan fingerprint density at radius 1 is 1.67 bits per heavy atom. The van der Waals surface area contributed by atoms with Crippen LogP contribution in [0.1, 0.15) is 0 Å². The number of rotatable bonds is 4. The number of aliphatic hydroxyl groups is 1. The summed E-state index contributed by atoms with van der Waals surface area (Å²) in [7, 11) is 3.54. The Morgan fingerprint density at radius 2 is 2.25 bits per heavy atom. The molecule has 0 aliphatic rings. The second kappa shape index (κ2) is 5.31. The van der Waals surface area contributed by atoms with Gasteiger partial charge in [0.15, 0.2) is 0 Å². The van der Waals surface area contributed by atoms with Crippen LogP contribution in [0.2, 0.25) is 0 Å². The van der Waals surface area contributed by atoms with Gasteiger partial charge < -0.3 is 15.3 Å². The minimum Gasteiger partial charge on any atom is -0.391 e. The van der Waals surface area contributed by atoms with Crippen LogP contribution in [0, 0.1) is 5.41 Å². The Hall–Kier alpha value is -1.36. The van der Waals surface area contributed by atoms with Gasteiger partial charge in [-0.05, 0) is 0 Å². The van der Waals surface area contributed by atoms with Gasteiger partial charge >= 0.3 is 0 Å². The summed E-state index contributed by atoms with van der Waals surface area (Å²) < 4.78 is 0. The maximum Gasteiger partial charge on any atom is 0.212 e. The van der Waals surface area contributed by atoms with E-state index in [0.29, 0.717) is 12.0 Å². The molecule has 0 spiro atoms. The highest BCUT2D eigenvalue weighted by Gasteiger charge is 2.02. The molecular formula is C7H13N3O2. The third-order valence-electron chi connectivity index (χ3n) is 1.11. The zero-order valence-corrected chi connectivity index (χ0v) is 7.16. The van der Waals surface area contributed by atoms with Crippen molar-refractivity contribution in [2.45, 2.75) is 0 Å². The van der Waals surface area contributed by atoms with Gasteiger partial charge in [-0.2, -0.15) is 0 Å². The van der Waals surface area contributed by atoms with E-state index in [1.54, 1.807) is 25.2 Å². The van der Waals surface area contributed by atoms with Crippen molar-refractivity contribution < 1.29 is 9.90 Å². The standard InChI is InChI=1S/C7H13N3O2/c1-10(2)3-6(4-11)7(8)9-5-12/h3,5,11H,4H2,1-2H3,(H2,8,9,12)/b6-3-. The quantitative estimate of drug-likeness (QED) is 0.293. The molecule has 3 N–H and O–H groups in total. The van der Waals surface area contributed by atoms with E-state index in [0.717, 1.165) is 0 Å². The zero-order chi connectivity index (χ0) is 9.56. The highest BCUT2D eigenvalue weighted by Crippen LogP contribution is 1.93. The number of amidine groups is 1. The number of aliphatic hydroxyl groups excluding tert-OH is 1. The van der Waals surface area contributed by atoms with Crippen LogP contribution < -0.4 is 5.32 Å². The first-order valence-corrected chi connectivity index (χ1v) is 3.39. The molecule has 0 saturated heterocycles. The molecule has 5 heteroatoms. The number of carbonyl (C=O) groups is 1. The van der Waals surface area contributed by atoms with Crippen LogP contribution in [0.5, 0.6) is 0 Å². The molecule has 5 nitrogen and oxygen atoms in total. The van der Waals surface area contributed by atoms with E-state index in [9.17, 15) is 4.79 Å². The lowest BCUT2D eigenvalue weighted by Crippen LogP contribution is -2.25. The number of nitrogens with zero attached hydrogens (tertiary/aromatic N) is 1. The molecule has 12 heavy (non-hydrogen) atoms. The van der Waals surface area contributed by atoms with Crippen molar-refractivity contribution in [1.82, 2.24) is 10.2 Å². The molecule has 0 bridgehead atoms. The van der Waals surface area contributed by atoms with Gasteiger partial charge in [0.2, 0.25) is 6.41 Å². The second-order valence-electron chi connectivity index (χ2n) is 2.41. The Kier molecular flexibility index (Phi) is 4.71. The van der Waals surface area contributed by atoms with E-state index in [2.05, 4.69) is 5.32 Å². The Morgan fingerprint density at radius 3 is 2.58 bits per heavy atom. The molecular weight excluding hydrogens is 158 g/mol. The number of nitrogens with one attached hydrogen (secondary N) is 2. The van der Waals surface area contributed by atoms with Crippen LogP contribution in [-0.4, -0.2) is 43.0 Å². The van der Waals surface area contributed by atoms with Crippen molar-refractivity contribution in [3.8, 4) is 0 Å². The average Bonchev–Trinajstić information content (AvgIpc) is 2.00. The molecule has 0 unspecified atom stereocenters. The molecule has 0 radical (unpaired) electrons. The van der Waals surface area contributed by atoms with Crippen LogP contribution in [-0.2, 0) is 4.79 Å². The van der Waals surface area contributed by atoms with E-state index < -0.39 is 0 Å². The fourth-order valence-electron chi connectivity index (χ4n) is 0.648. The molecule has 68 valence electrons. The molecule has 0 fully saturated rings. The Labute approximate surface area is 71.2 Å². The predicted molar refractivity (Wildman–Crippen MR) is 45.8 cm³/mol. The Bertz CT molecular complexity index is 199. The number of hydrogen-bond acceptors (Lipinski definition) is 4. The van der Waals surface area contributed by atoms with Gasteiger partial charge in [0.1, 0.15) is 5.84 Å². The molecule has 0 aliphatic carbocycles. The fraction of sp³-hybridized carbons (Fsp3) is 0.429. The van der Waals surface area contributed by atoms with Crippen molar-refractivity contribution in [3.05, 3.63) is 11.8 Å². The summed E-state index contributed by atoms with van der Waals surface area (Å²) in [6, 6.07) is 0. The summed E-state index contributed by atoms with van der Waals surface area (Å²) >= 11 is 0. The molecule has 0 saturated carbocycles. The monoisotopic (exact) mass is 171 g/mol. The third-order valence-corrected chi connectivity index (χ3v) is 1.11. The average molecular weight is 171 g/mol. The van der Waals surface area contributed by atoms with E-state index in [4.69, 9.17) is 10.5 Å². The zero-order valence-electron chi connectivity index (χ0n) is 7.16. The van der Waals surface area contributed by atoms with Crippen LogP contribution in [0.4, 0.5) is 0 Å². The van der Waals surface area contributed by atoms with Crippen molar-refractivity contribution >= 4 is 12.2 Å². The first-order valence-electron chi connectivity index (χ1n) is 3.39. The van der Waals surface area contributed by atoms with Crippen molar-refractivity contribution in [1.29, 1.82) is 5.41 Å². The molecule has 0 atom stereocenters. The van der Waals surface area contributed by atoms with Crippen molar-refractivity contribution in [3.63, 3.8) is 0 Å². The number of carbonyl (C=O) groups excluding carboxylic acids is 1. The van der Waals surface area contributed by atoms with Crippen molar-refractivity contribution in [2.24, 2.45) is 0 Å². The minimum atomic E-state index is -0.266. The third kappa shape index (κ3) is 3.72. The molecule has 0 heterocycles. The lowest BCUT2D eigenvalue weighted by molar-refractivity contribution is -0.108. The fourth-order valence-corrected chi connectivity index (χ4v) is 0.648. The van der Waals surface area contributed by atoms with Gasteiger partial charge in [-0.1, -0.05) is 0 Å². The largest absolute Gasteiger partial charge is 0.391 e. The van der Waals surface area contributed by atoms with Gasteiger partial charge in [0.05, 0.1) is 6.61 Å². The normalized spacial score (nSPS) is 10.8. The van der Waals surface area contributed by atoms with E-state index in [1.807, 2.05) is 0 Å². The van der Waals surface area contributed by atoms with Gasteiger partial charge in [0, 0.05) is 25.9 Å². The highest BCUT2D eigenvalue weighted by atomic mass is 16.3. The molecule has 0 aromatic carbocycles. The van der Waals surface area contributed by atoms with Crippen LogP contribution in [0.3, 0.4) is 0 Å². The van der Waals surface area contributed by atoms with Gasteiger partial charge in [-0.25, -0.2) is 0 Å². The molecule has 0 aromatic heterocycles. The summed E-state index contributed by atoms with van der Waals surface area (Å²) in [6.07, 6.45) is 1.97.